The van der Waals surface area contributed by atoms with Gasteiger partial charge in [0, 0.05) is 16.6 Å². The Morgan fingerprint density at radius 1 is 1.50 bits per heavy atom. The molecule has 0 atom stereocenters. The number of aromatic nitrogens is 1. The molecule has 1 aromatic carbocycles. The van der Waals surface area contributed by atoms with Crippen molar-refractivity contribution < 1.29 is 9.53 Å². The van der Waals surface area contributed by atoms with Crippen LogP contribution < -0.4 is 0 Å². The summed E-state index contributed by atoms with van der Waals surface area (Å²) in [6.45, 7) is 5.79. The van der Waals surface area contributed by atoms with Gasteiger partial charge in [0.05, 0.1) is 17.7 Å². The van der Waals surface area contributed by atoms with Crippen LogP contribution in [-0.4, -0.2) is 17.6 Å². The zero-order valence-electron chi connectivity index (χ0n) is 9.94. The second kappa shape index (κ2) is 5.19. The number of rotatable bonds is 3. The predicted molar refractivity (Wildman–Crippen MR) is 72.8 cm³/mol. The molecule has 0 fully saturated rings. The van der Waals surface area contributed by atoms with E-state index in [1.54, 1.807) is 25.1 Å². The molecule has 1 heterocycles. The Balaban J connectivity index is 2.52. The van der Waals surface area contributed by atoms with Crippen molar-refractivity contribution in [3.05, 3.63) is 47.1 Å². The highest BCUT2D eigenvalue weighted by Gasteiger charge is 2.09. The first kappa shape index (κ1) is 12.6. The van der Waals surface area contributed by atoms with Crippen LogP contribution in [0.3, 0.4) is 0 Å². The molecule has 0 saturated carbocycles. The monoisotopic (exact) mass is 261 g/mol. The van der Waals surface area contributed by atoms with Crippen molar-refractivity contribution in [3.63, 3.8) is 0 Å². The average molecular weight is 262 g/mol. The third-order valence-electron chi connectivity index (χ3n) is 2.53. The van der Waals surface area contributed by atoms with Crippen LogP contribution in [0, 0.1) is 0 Å². The molecule has 0 spiro atoms. The summed E-state index contributed by atoms with van der Waals surface area (Å²) in [5, 5.41) is 1.39. The van der Waals surface area contributed by atoms with Gasteiger partial charge in [0.2, 0.25) is 0 Å². The second-order valence-corrected chi connectivity index (χ2v) is 4.12. The molecule has 0 bridgehead atoms. The number of halogens is 1. The van der Waals surface area contributed by atoms with Crippen LogP contribution in [0.25, 0.3) is 17.0 Å². The molecule has 1 aromatic heterocycles. The zero-order valence-corrected chi connectivity index (χ0v) is 10.7. The van der Waals surface area contributed by atoms with Gasteiger partial charge < -0.3 is 4.74 Å². The molecule has 2 rings (SSSR count). The minimum atomic E-state index is -0.379. The first-order valence-electron chi connectivity index (χ1n) is 5.54. The van der Waals surface area contributed by atoms with Crippen molar-refractivity contribution in [3.8, 4) is 0 Å². The summed E-state index contributed by atoms with van der Waals surface area (Å²) in [6, 6.07) is 5.32. The highest BCUT2D eigenvalue weighted by Crippen LogP contribution is 2.24. The lowest BCUT2D eigenvalue weighted by Gasteiger charge is -2.05. The van der Waals surface area contributed by atoms with Crippen LogP contribution in [0.1, 0.15) is 22.8 Å². The van der Waals surface area contributed by atoms with Gasteiger partial charge in [0.15, 0.2) is 0 Å². The third kappa shape index (κ3) is 2.36. The second-order valence-electron chi connectivity index (χ2n) is 3.72. The number of hydrogen-bond donors (Lipinski definition) is 0. The number of carbonyl (C=O) groups excluding carboxylic acids is 1. The highest BCUT2D eigenvalue weighted by molar-refractivity contribution is 6.32. The average Bonchev–Trinajstić information content (AvgIpc) is 2.37. The summed E-state index contributed by atoms with van der Waals surface area (Å²) in [5.74, 6) is -0.379. The van der Waals surface area contributed by atoms with Crippen molar-refractivity contribution in [2.45, 2.75) is 6.92 Å². The largest absolute Gasteiger partial charge is 0.462 e. The summed E-state index contributed by atoms with van der Waals surface area (Å²) >= 11 is 6.08. The van der Waals surface area contributed by atoms with E-state index in [2.05, 4.69) is 11.6 Å². The van der Waals surface area contributed by atoms with Crippen molar-refractivity contribution >= 4 is 34.5 Å². The number of benzene rings is 1. The van der Waals surface area contributed by atoms with Crippen LogP contribution in [0.15, 0.2) is 31.0 Å². The molecular weight excluding hydrogens is 250 g/mol. The summed E-state index contributed by atoms with van der Waals surface area (Å²) in [5.41, 5.74) is 2.01. The van der Waals surface area contributed by atoms with E-state index in [1.807, 2.05) is 6.07 Å². The molecule has 92 valence electrons. The van der Waals surface area contributed by atoms with Crippen molar-refractivity contribution in [1.29, 1.82) is 0 Å². The lowest BCUT2D eigenvalue weighted by Crippen LogP contribution is -2.05. The minimum absolute atomic E-state index is 0.340. The maximum atomic E-state index is 11.6. The fraction of sp³-hybridized carbons (Fsp3) is 0.143. The number of fused-ring (bicyclic) bond motifs is 1. The standard InChI is InChI=1S/C14H12ClNO2/c1-3-9-7-13-10(6-12(9)15)5-11(8-16-13)14(17)18-4-2/h3,5-8H,1,4H2,2H3. The van der Waals surface area contributed by atoms with Gasteiger partial charge in [-0.3, -0.25) is 4.98 Å². The van der Waals surface area contributed by atoms with Crippen LogP contribution >= 0.6 is 11.6 Å². The van der Waals surface area contributed by atoms with E-state index in [0.717, 1.165) is 16.5 Å². The van der Waals surface area contributed by atoms with Gasteiger partial charge in [0.25, 0.3) is 0 Å². The van der Waals surface area contributed by atoms with Crippen LogP contribution in [0.4, 0.5) is 0 Å². The Morgan fingerprint density at radius 3 is 2.94 bits per heavy atom. The molecule has 3 nitrogen and oxygen atoms in total. The Morgan fingerprint density at radius 2 is 2.28 bits per heavy atom. The highest BCUT2D eigenvalue weighted by atomic mass is 35.5. The Hall–Kier alpha value is -1.87. The van der Waals surface area contributed by atoms with E-state index in [9.17, 15) is 4.79 Å². The number of esters is 1. The summed E-state index contributed by atoms with van der Waals surface area (Å²) in [4.78, 5) is 15.8. The number of pyridine rings is 1. The third-order valence-corrected chi connectivity index (χ3v) is 2.86. The maximum absolute atomic E-state index is 11.6. The Kier molecular flexibility index (Phi) is 3.63. The predicted octanol–water partition coefficient (Wildman–Crippen LogP) is 3.71. The van der Waals surface area contributed by atoms with Crippen LogP contribution in [-0.2, 0) is 4.74 Å². The van der Waals surface area contributed by atoms with Gasteiger partial charge in [-0.05, 0) is 30.7 Å². The lowest BCUT2D eigenvalue weighted by atomic mass is 10.1. The Bertz CT molecular complexity index is 622. The van der Waals surface area contributed by atoms with E-state index in [1.165, 1.54) is 6.20 Å². The van der Waals surface area contributed by atoms with Crippen molar-refractivity contribution in [2.75, 3.05) is 6.61 Å². The van der Waals surface area contributed by atoms with Crippen LogP contribution in [0.2, 0.25) is 5.02 Å². The van der Waals surface area contributed by atoms with Crippen molar-refractivity contribution in [1.82, 2.24) is 4.98 Å². The first-order valence-corrected chi connectivity index (χ1v) is 5.92. The molecule has 4 heteroatoms. The molecule has 0 radical (unpaired) electrons. The number of carbonyl (C=O) groups is 1. The minimum Gasteiger partial charge on any atom is -0.462 e. The fourth-order valence-corrected chi connectivity index (χ4v) is 1.90. The van der Waals surface area contributed by atoms with E-state index >= 15 is 0 Å². The van der Waals surface area contributed by atoms with Crippen LogP contribution in [0.5, 0.6) is 0 Å². The SMILES string of the molecule is C=Cc1cc2ncc(C(=O)OCC)cc2cc1Cl. The first-order chi connectivity index (χ1) is 8.65. The van der Waals surface area contributed by atoms with Gasteiger partial charge >= 0.3 is 5.97 Å². The maximum Gasteiger partial charge on any atom is 0.339 e. The number of ether oxygens (including phenoxy) is 1. The zero-order chi connectivity index (χ0) is 13.1. The molecule has 2 aromatic rings. The van der Waals surface area contributed by atoms with E-state index in [-0.39, 0.29) is 5.97 Å². The van der Waals surface area contributed by atoms with Gasteiger partial charge in [0.1, 0.15) is 0 Å². The van der Waals surface area contributed by atoms with Gasteiger partial charge in [-0.1, -0.05) is 24.3 Å². The molecule has 0 N–H and O–H groups in total. The van der Waals surface area contributed by atoms with Crippen molar-refractivity contribution in [2.24, 2.45) is 0 Å². The summed E-state index contributed by atoms with van der Waals surface area (Å²) < 4.78 is 4.92. The molecule has 18 heavy (non-hydrogen) atoms. The van der Waals surface area contributed by atoms with Gasteiger partial charge in [-0.2, -0.15) is 0 Å². The molecule has 0 saturated heterocycles. The molecule has 0 aliphatic rings. The van der Waals surface area contributed by atoms with Gasteiger partial charge in [-0.15, -0.1) is 0 Å². The smallest absolute Gasteiger partial charge is 0.339 e. The number of hydrogen-bond acceptors (Lipinski definition) is 3. The van der Waals surface area contributed by atoms with Gasteiger partial charge in [-0.25, -0.2) is 4.79 Å². The lowest BCUT2D eigenvalue weighted by molar-refractivity contribution is 0.0526. The van der Waals surface area contributed by atoms with E-state index in [4.69, 9.17) is 16.3 Å². The molecule has 0 amide bonds. The molecule has 0 aliphatic carbocycles. The quantitative estimate of drug-likeness (QED) is 0.791. The summed E-state index contributed by atoms with van der Waals surface area (Å²) in [6.07, 6.45) is 3.17. The normalized spacial score (nSPS) is 10.3. The Labute approximate surface area is 110 Å². The topological polar surface area (TPSA) is 39.2 Å². The summed E-state index contributed by atoms with van der Waals surface area (Å²) in [7, 11) is 0. The molecule has 0 aliphatic heterocycles. The molecule has 0 unspecified atom stereocenters. The van der Waals surface area contributed by atoms with E-state index in [0.29, 0.717) is 17.2 Å². The number of nitrogens with zero attached hydrogens (tertiary/aromatic N) is 1. The molecular formula is C14H12ClNO2. The van der Waals surface area contributed by atoms with E-state index < -0.39 is 0 Å². The fourth-order valence-electron chi connectivity index (χ4n) is 1.65.